The van der Waals surface area contributed by atoms with Crippen molar-refractivity contribution in [1.82, 2.24) is 0 Å². The lowest BCUT2D eigenvalue weighted by atomic mass is 10.1. The van der Waals surface area contributed by atoms with Crippen LogP contribution in [0.1, 0.15) is 59.3 Å². The number of hydrogen-bond acceptors (Lipinski definition) is 3. The van der Waals surface area contributed by atoms with Crippen LogP contribution in [0.25, 0.3) is 0 Å². The summed E-state index contributed by atoms with van der Waals surface area (Å²) in [5.41, 5.74) is 0.184. The Morgan fingerprint density at radius 2 is 1.71 bits per heavy atom. The van der Waals surface area contributed by atoms with Gasteiger partial charge in [0.05, 0.1) is 18.9 Å². The van der Waals surface area contributed by atoms with Crippen LogP contribution in [0, 0.1) is 5.92 Å². The zero-order valence-electron chi connectivity index (χ0n) is 11.5. The van der Waals surface area contributed by atoms with Crippen molar-refractivity contribution in [3.8, 4) is 0 Å². The molecule has 1 rings (SSSR count). The first-order valence-electron chi connectivity index (χ1n) is 7.06. The van der Waals surface area contributed by atoms with Gasteiger partial charge in [-0.2, -0.15) is 0 Å². The highest BCUT2D eigenvalue weighted by molar-refractivity contribution is 7.55. The molecule has 1 fully saturated rings. The fourth-order valence-electron chi connectivity index (χ4n) is 2.35. The van der Waals surface area contributed by atoms with Gasteiger partial charge in [-0.05, 0) is 32.6 Å². The molecule has 0 spiro atoms. The second-order valence-corrected chi connectivity index (χ2v) is 7.05. The van der Waals surface area contributed by atoms with Crippen molar-refractivity contribution in [1.29, 1.82) is 0 Å². The summed E-state index contributed by atoms with van der Waals surface area (Å²) in [5, 5.41) is 0. The molecule has 4 heteroatoms. The summed E-state index contributed by atoms with van der Waals surface area (Å²) in [4.78, 5) is 0. The topological polar surface area (TPSA) is 35.5 Å². The number of unbranched alkanes of at least 4 members (excludes halogenated alkanes) is 3. The van der Waals surface area contributed by atoms with E-state index in [0.29, 0.717) is 19.1 Å². The van der Waals surface area contributed by atoms with Crippen LogP contribution in [0.2, 0.25) is 0 Å². The zero-order chi connectivity index (χ0) is 12.7. The molecule has 0 radical (unpaired) electrons. The van der Waals surface area contributed by atoms with E-state index in [4.69, 9.17) is 9.05 Å². The third-order valence-corrected chi connectivity index (χ3v) is 6.02. The fourth-order valence-corrected chi connectivity index (χ4v) is 4.72. The summed E-state index contributed by atoms with van der Waals surface area (Å²) in [6.45, 7) is 6.94. The van der Waals surface area contributed by atoms with Gasteiger partial charge in [-0.25, -0.2) is 0 Å². The zero-order valence-corrected chi connectivity index (χ0v) is 12.4. The van der Waals surface area contributed by atoms with Gasteiger partial charge in [-0.3, -0.25) is 4.57 Å². The van der Waals surface area contributed by atoms with Crippen molar-refractivity contribution in [2.45, 2.75) is 65.0 Å². The molecule has 0 saturated heterocycles. The molecule has 1 saturated carbocycles. The van der Waals surface area contributed by atoms with Crippen molar-refractivity contribution in [2.75, 3.05) is 13.2 Å². The van der Waals surface area contributed by atoms with E-state index in [-0.39, 0.29) is 5.66 Å². The predicted octanol–water partition coefficient (Wildman–Crippen LogP) is 4.61. The summed E-state index contributed by atoms with van der Waals surface area (Å²) in [6, 6.07) is 0. The molecule has 0 aromatic heterocycles. The maximum Gasteiger partial charge on any atom is 0.333 e. The smallest absolute Gasteiger partial charge is 0.309 e. The van der Waals surface area contributed by atoms with Crippen molar-refractivity contribution in [2.24, 2.45) is 5.92 Å². The average Bonchev–Trinajstić information content (AvgIpc) is 3.05. The van der Waals surface area contributed by atoms with Crippen LogP contribution >= 0.6 is 7.60 Å². The molecule has 0 aromatic rings. The van der Waals surface area contributed by atoms with Crippen molar-refractivity contribution in [3.63, 3.8) is 0 Å². The summed E-state index contributed by atoms with van der Waals surface area (Å²) in [7, 11) is -2.79. The minimum Gasteiger partial charge on any atom is -0.309 e. The van der Waals surface area contributed by atoms with Gasteiger partial charge in [-0.1, -0.05) is 32.6 Å². The van der Waals surface area contributed by atoms with Gasteiger partial charge in [0, 0.05) is 0 Å². The predicted molar refractivity (Wildman–Crippen MR) is 71.5 cm³/mol. The second kappa shape index (κ2) is 7.56. The van der Waals surface area contributed by atoms with E-state index in [9.17, 15) is 4.57 Å². The lowest BCUT2D eigenvalue weighted by Crippen LogP contribution is -2.02. The van der Waals surface area contributed by atoms with Gasteiger partial charge in [0.15, 0.2) is 0 Å². The van der Waals surface area contributed by atoms with Crippen LogP contribution in [0.4, 0.5) is 0 Å². The number of rotatable bonds is 10. The van der Waals surface area contributed by atoms with Crippen LogP contribution in [0.15, 0.2) is 0 Å². The highest BCUT2D eigenvalue weighted by Gasteiger charge is 2.51. The van der Waals surface area contributed by atoms with E-state index in [1.807, 2.05) is 13.8 Å². The largest absolute Gasteiger partial charge is 0.333 e. The third-order valence-electron chi connectivity index (χ3n) is 3.34. The molecular weight excluding hydrogens is 235 g/mol. The van der Waals surface area contributed by atoms with Gasteiger partial charge in [0.1, 0.15) is 0 Å². The summed E-state index contributed by atoms with van der Waals surface area (Å²) in [6.07, 6.45) is 7.36. The molecule has 0 aliphatic heterocycles. The fraction of sp³-hybridized carbons (Fsp3) is 1.00. The van der Waals surface area contributed by atoms with Crippen LogP contribution in [0.5, 0.6) is 0 Å². The Balaban J connectivity index is 2.29. The molecule has 0 aromatic carbocycles. The molecule has 2 atom stereocenters. The average molecular weight is 262 g/mol. The molecule has 2 unspecified atom stereocenters. The van der Waals surface area contributed by atoms with E-state index in [1.165, 1.54) is 32.1 Å². The van der Waals surface area contributed by atoms with E-state index in [1.54, 1.807) is 0 Å². The molecular formula is C13H27O3P. The van der Waals surface area contributed by atoms with E-state index in [2.05, 4.69) is 6.92 Å². The first-order valence-corrected chi connectivity index (χ1v) is 8.67. The normalized spacial score (nSPS) is 23.9. The van der Waals surface area contributed by atoms with Crippen LogP contribution in [-0.2, 0) is 13.6 Å². The first-order chi connectivity index (χ1) is 8.18. The Labute approximate surface area is 106 Å². The minimum atomic E-state index is -2.79. The van der Waals surface area contributed by atoms with Crippen LogP contribution in [-0.4, -0.2) is 18.9 Å². The number of hydrogen-bond donors (Lipinski definition) is 0. The van der Waals surface area contributed by atoms with Gasteiger partial charge in [0.25, 0.3) is 0 Å². The SMILES string of the molecule is CCCCCCC1CC1P(=O)(OCC)OCC. The van der Waals surface area contributed by atoms with Crippen molar-refractivity contribution in [3.05, 3.63) is 0 Å². The Kier molecular flexibility index (Phi) is 6.76. The van der Waals surface area contributed by atoms with Gasteiger partial charge in [0.2, 0.25) is 0 Å². The molecule has 0 heterocycles. The Morgan fingerprint density at radius 3 is 2.24 bits per heavy atom. The molecule has 0 amide bonds. The van der Waals surface area contributed by atoms with Gasteiger partial charge < -0.3 is 9.05 Å². The van der Waals surface area contributed by atoms with E-state index >= 15 is 0 Å². The van der Waals surface area contributed by atoms with Crippen LogP contribution in [0.3, 0.4) is 0 Å². The molecule has 0 bridgehead atoms. The maximum atomic E-state index is 12.4. The summed E-state index contributed by atoms with van der Waals surface area (Å²) >= 11 is 0. The lowest BCUT2D eigenvalue weighted by Gasteiger charge is -2.16. The lowest BCUT2D eigenvalue weighted by molar-refractivity contribution is 0.217. The molecule has 1 aliphatic rings. The monoisotopic (exact) mass is 262 g/mol. The van der Waals surface area contributed by atoms with E-state index in [0.717, 1.165) is 6.42 Å². The molecule has 0 N–H and O–H groups in total. The highest BCUT2D eigenvalue weighted by atomic mass is 31.2. The summed E-state index contributed by atoms with van der Waals surface area (Å²) < 4.78 is 23.2. The third kappa shape index (κ3) is 4.73. The Bertz CT molecular complexity index is 245. The molecule has 102 valence electrons. The minimum absolute atomic E-state index is 0.184. The molecule has 17 heavy (non-hydrogen) atoms. The van der Waals surface area contributed by atoms with Crippen molar-refractivity contribution >= 4 is 7.60 Å². The molecule has 3 nitrogen and oxygen atoms in total. The standard InChI is InChI=1S/C13H27O3P/c1-4-7-8-9-10-12-11-13(12)17(14,15-5-2)16-6-3/h12-13H,4-11H2,1-3H3. The van der Waals surface area contributed by atoms with E-state index < -0.39 is 7.60 Å². The first kappa shape index (κ1) is 15.2. The van der Waals surface area contributed by atoms with Crippen LogP contribution < -0.4 is 0 Å². The summed E-state index contributed by atoms with van der Waals surface area (Å²) in [5.74, 6) is 0.579. The maximum absolute atomic E-state index is 12.4. The van der Waals surface area contributed by atoms with Crippen molar-refractivity contribution < 1.29 is 13.6 Å². The quantitative estimate of drug-likeness (QED) is 0.426. The molecule has 1 aliphatic carbocycles. The van der Waals surface area contributed by atoms with Gasteiger partial charge in [-0.15, -0.1) is 0 Å². The Morgan fingerprint density at radius 1 is 1.06 bits per heavy atom. The Hall–Kier alpha value is 0.150. The highest BCUT2D eigenvalue weighted by Crippen LogP contribution is 2.66. The second-order valence-electron chi connectivity index (χ2n) is 4.79. The van der Waals surface area contributed by atoms with Gasteiger partial charge >= 0.3 is 7.60 Å².